The average molecular weight is 273 g/mol. The molecule has 1 atom stereocenters. The summed E-state index contributed by atoms with van der Waals surface area (Å²) < 4.78 is 0. The molecule has 0 aliphatic heterocycles. The van der Waals surface area contributed by atoms with Crippen LogP contribution in [-0.2, 0) is 4.79 Å². The van der Waals surface area contributed by atoms with Gasteiger partial charge < -0.3 is 15.5 Å². The Labute approximate surface area is 117 Å². The van der Waals surface area contributed by atoms with Crippen LogP contribution < -0.4 is 5.32 Å². The fraction of sp³-hybridized carbons (Fsp3) is 0.933. The van der Waals surface area contributed by atoms with Crippen LogP contribution in [0.25, 0.3) is 0 Å². The summed E-state index contributed by atoms with van der Waals surface area (Å²) in [5, 5.41) is 20.5. The summed E-state index contributed by atoms with van der Waals surface area (Å²) in [5.74, 6) is -1.16. The highest BCUT2D eigenvalue weighted by atomic mass is 16.4. The lowest BCUT2D eigenvalue weighted by atomic mass is 10.1. The van der Waals surface area contributed by atoms with E-state index >= 15 is 0 Å². The van der Waals surface area contributed by atoms with Gasteiger partial charge in [-0.1, -0.05) is 64.7 Å². The second kappa shape index (κ2) is 13.8. The summed E-state index contributed by atoms with van der Waals surface area (Å²) in [4.78, 5) is 10.3. The molecule has 0 amide bonds. The summed E-state index contributed by atoms with van der Waals surface area (Å²) in [6.07, 6.45) is 11.7. The fourth-order valence-corrected chi connectivity index (χ4v) is 2.06. The van der Waals surface area contributed by atoms with Gasteiger partial charge in [-0.3, -0.25) is 0 Å². The summed E-state index contributed by atoms with van der Waals surface area (Å²) in [7, 11) is 0. The zero-order valence-electron chi connectivity index (χ0n) is 12.4. The number of unbranched alkanes of at least 4 members (excludes halogenated alkanes) is 9. The third-order valence-electron chi connectivity index (χ3n) is 3.33. The molecule has 0 aromatic carbocycles. The molecule has 0 aromatic rings. The Hall–Kier alpha value is -0.610. The van der Waals surface area contributed by atoms with Gasteiger partial charge in [-0.25, -0.2) is 4.79 Å². The smallest absolute Gasteiger partial charge is 0.333 e. The molecule has 114 valence electrons. The largest absolute Gasteiger partial charge is 0.479 e. The number of aliphatic carboxylic acids is 1. The summed E-state index contributed by atoms with van der Waals surface area (Å²) in [6.45, 7) is 3.18. The molecule has 0 bridgehead atoms. The zero-order valence-corrected chi connectivity index (χ0v) is 12.4. The Bertz CT molecular complexity index is 210. The standard InChI is InChI=1S/C15H31NO3/c1-2-3-4-5-6-7-8-9-10-11-12-16-13-14(17)15(18)19/h14,16-17H,2-13H2,1H3,(H,18,19). The molecule has 0 fully saturated rings. The van der Waals surface area contributed by atoms with Crippen LogP contribution in [0.1, 0.15) is 71.1 Å². The van der Waals surface area contributed by atoms with E-state index in [-0.39, 0.29) is 6.54 Å². The molecule has 0 aromatic heterocycles. The number of hydrogen-bond donors (Lipinski definition) is 3. The molecule has 0 aliphatic rings. The predicted molar refractivity (Wildman–Crippen MR) is 78.4 cm³/mol. The van der Waals surface area contributed by atoms with Crippen LogP contribution >= 0.6 is 0 Å². The van der Waals surface area contributed by atoms with Crippen LogP contribution in [0.15, 0.2) is 0 Å². The number of hydrogen-bond acceptors (Lipinski definition) is 3. The van der Waals surface area contributed by atoms with E-state index in [1.807, 2.05) is 0 Å². The summed E-state index contributed by atoms with van der Waals surface area (Å²) in [5.41, 5.74) is 0. The van der Waals surface area contributed by atoms with E-state index in [2.05, 4.69) is 12.2 Å². The molecule has 0 saturated heterocycles. The maximum atomic E-state index is 10.3. The first-order valence-electron chi connectivity index (χ1n) is 7.80. The Morgan fingerprint density at radius 1 is 0.947 bits per heavy atom. The minimum Gasteiger partial charge on any atom is -0.479 e. The van der Waals surface area contributed by atoms with Crippen molar-refractivity contribution in [3.63, 3.8) is 0 Å². The molecule has 19 heavy (non-hydrogen) atoms. The van der Waals surface area contributed by atoms with Crippen LogP contribution in [0, 0.1) is 0 Å². The highest BCUT2D eigenvalue weighted by Gasteiger charge is 2.10. The molecule has 0 spiro atoms. The van der Waals surface area contributed by atoms with E-state index in [0.717, 1.165) is 13.0 Å². The Kier molecular flexibility index (Phi) is 13.4. The average Bonchev–Trinajstić information content (AvgIpc) is 2.39. The van der Waals surface area contributed by atoms with Gasteiger partial charge in [0.2, 0.25) is 0 Å². The topological polar surface area (TPSA) is 69.6 Å². The maximum Gasteiger partial charge on any atom is 0.333 e. The van der Waals surface area contributed by atoms with Crippen molar-refractivity contribution in [1.29, 1.82) is 0 Å². The number of carbonyl (C=O) groups is 1. The Balaban J connectivity index is 3.05. The molecular formula is C15H31NO3. The highest BCUT2D eigenvalue weighted by Crippen LogP contribution is 2.10. The number of aliphatic hydroxyl groups is 1. The highest BCUT2D eigenvalue weighted by molar-refractivity contribution is 5.72. The van der Waals surface area contributed by atoms with Crippen LogP contribution in [0.5, 0.6) is 0 Å². The number of carboxylic acid groups (broad SMARTS) is 1. The van der Waals surface area contributed by atoms with Crippen molar-refractivity contribution in [2.24, 2.45) is 0 Å². The molecule has 0 radical (unpaired) electrons. The van der Waals surface area contributed by atoms with Crippen molar-refractivity contribution in [1.82, 2.24) is 5.32 Å². The third-order valence-corrected chi connectivity index (χ3v) is 3.33. The van der Waals surface area contributed by atoms with Gasteiger partial charge in [-0.05, 0) is 13.0 Å². The van der Waals surface area contributed by atoms with Crippen LogP contribution in [0.2, 0.25) is 0 Å². The lowest BCUT2D eigenvalue weighted by Crippen LogP contribution is -2.33. The van der Waals surface area contributed by atoms with Gasteiger partial charge in [-0.2, -0.15) is 0 Å². The SMILES string of the molecule is CCCCCCCCCCCCNCC(O)C(=O)O. The van der Waals surface area contributed by atoms with Crippen LogP contribution in [-0.4, -0.2) is 35.4 Å². The minimum atomic E-state index is -1.27. The Morgan fingerprint density at radius 3 is 1.89 bits per heavy atom. The first-order chi connectivity index (χ1) is 9.18. The Morgan fingerprint density at radius 2 is 1.42 bits per heavy atom. The normalized spacial score (nSPS) is 12.5. The van der Waals surface area contributed by atoms with Gasteiger partial charge >= 0.3 is 5.97 Å². The number of rotatable bonds is 14. The quantitative estimate of drug-likeness (QED) is 0.426. The maximum absolute atomic E-state index is 10.3. The summed E-state index contributed by atoms with van der Waals surface area (Å²) in [6, 6.07) is 0. The molecule has 0 aliphatic carbocycles. The van der Waals surface area contributed by atoms with E-state index in [1.165, 1.54) is 57.8 Å². The second-order valence-electron chi connectivity index (χ2n) is 5.24. The van der Waals surface area contributed by atoms with Crippen molar-refractivity contribution in [2.45, 2.75) is 77.2 Å². The van der Waals surface area contributed by atoms with E-state index < -0.39 is 12.1 Å². The predicted octanol–water partition coefficient (Wildman–Crippen LogP) is 2.94. The van der Waals surface area contributed by atoms with Crippen molar-refractivity contribution in [3.8, 4) is 0 Å². The van der Waals surface area contributed by atoms with E-state index in [9.17, 15) is 4.79 Å². The van der Waals surface area contributed by atoms with E-state index in [4.69, 9.17) is 10.2 Å². The van der Waals surface area contributed by atoms with Gasteiger partial charge in [0.25, 0.3) is 0 Å². The molecule has 4 nitrogen and oxygen atoms in total. The van der Waals surface area contributed by atoms with Crippen LogP contribution in [0.4, 0.5) is 0 Å². The van der Waals surface area contributed by atoms with Crippen LogP contribution in [0.3, 0.4) is 0 Å². The van der Waals surface area contributed by atoms with Gasteiger partial charge in [0.1, 0.15) is 0 Å². The molecule has 0 heterocycles. The zero-order chi connectivity index (χ0) is 14.3. The van der Waals surface area contributed by atoms with Crippen molar-refractivity contribution in [3.05, 3.63) is 0 Å². The molecule has 0 saturated carbocycles. The van der Waals surface area contributed by atoms with E-state index in [1.54, 1.807) is 0 Å². The van der Waals surface area contributed by atoms with Crippen molar-refractivity contribution < 1.29 is 15.0 Å². The minimum absolute atomic E-state index is 0.146. The second-order valence-corrected chi connectivity index (χ2v) is 5.24. The lowest BCUT2D eigenvalue weighted by Gasteiger charge is -2.07. The van der Waals surface area contributed by atoms with Gasteiger partial charge in [0.15, 0.2) is 6.10 Å². The number of nitrogens with one attached hydrogen (secondary N) is 1. The first-order valence-corrected chi connectivity index (χ1v) is 7.80. The third kappa shape index (κ3) is 13.6. The van der Waals surface area contributed by atoms with Crippen molar-refractivity contribution in [2.75, 3.05) is 13.1 Å². The molecular weight excluding hydrogens is 242 g/mol. The van der Waals surface area contributed by atoms with Gasteiger partial charge in [0, 0.05) is 6.54 Å². The lowest BCUT2D eigenvalue weighted by molar-refractivity contribution is -0.146. The summed E-state index contributed by atoms with van der Waals surface area (Å²) >= 11 is 0. The molecule has 1 unspecified atom stereocenters. The van der Waals surface area contributed by atoms with E-state index in [0.29, 0.717) is 0 Å². The monoisotopic (exact) mass is 273 g/mol. The number of aliphatic hydroxyl groups excluding tert-OH is 1. The van der Waals surface area contributed by atoms with Gasteiger partial charge in [-0.15, -0.1) is 0 Å². The molecule has 0 rings (SSSR count). The van der Waals surface area contributed by atoms with Gasteiger partial charge in [0.05, 0.1) is 0 Å². The van der Waals surface area contributed by atoms with Crippen molar-refractivity contribution >= 4 is 5.97 Å². The fourth-order valence-electron chi connectivity index (χ4n) is 2.06. The number of carboxylic acids is 1. The first kappa shape index (κ1) is 18.4. The molecule has 4 heteroatoms. The molecule has 3 N–H and O–H groups in total.